The van der Waals surface area contributed by atoms with Gasteiger partial charge in [0.25, 0.3) is 21.0 Å². The van der Waals surface area contributed by atoms with Crippen LogP contribution in [0.2, 0.25) is 0 Å². The number of nitrogens with one attached hydrogen (secondary N) is 1. The summed E-state index contributed by atoms with van der Waals surface area (Å²) < 4.78 is 27.2. The van der Waals surface area contributed by atoms with E-state index in [1.54, 1.807) is 30.3 Å². The zero-order chi connectivity index (χ0) is 27.6. The van der Waals surface area contributed by atoms with Crippen molar-refractivity contribution in [3.05, 3.63) is 72.1 Å². The molecule has 0 radical (unpaired) electrons. The second-order valence-corrected chi connectivity index (χ2v) is 11.6. The Morgan fingerprint density at radius 2 is 1.87 bits per heavy atom. The summed E-state index contributed by atoms with van der Waals surface area (Å²) in [5.41, 5.74) is 1.12. The lowest BCUT2D eigenvalue weighted by Gasteiger charge is -2.29. The molecule has 10 nitrogen and oxygen atoms in total. The predicted octanol–water partition coefficient (Wildman–Crippen LogP) is 1.89. The number of benzene rings is 1. The van der Waals surface area contributed by atoms with Crippen molar-refractivity contribution in [3.8, 4) is 0 Å². The van der Waals surface area contributed by atoms with Crippen molar-refractivity contribution in [1.29, 1.82) is 0 Å². The normalized spacial score (nSPS) is 20.3. The number of rotatable bonds is 8. The van der Waals surface area contributed by atoms with Crippen LogP contribution < -0.4 is 5.32 Å². The Balaban J connectivity index is 1.53. The van der Waals surface area contributed by atoms with E-state index in [0.29, 0.717) is 12.0 Å². The number of ketones is 1. The van der Waals surface area contributed by atoms with Gasteiger partial charge in [0.1, 0.15) is 12.1 Å². The average molecular weight is 539 g/mol. The summed E-state index contributed by atoms with van der Waals surface area (Å²) in [4.78, 5) is 57.5. The Morgan fingerprint density at radius 1 is 1.16 bits per heavy atom. The van der Waals surface area contributed by atoms with Crippen LogP contribution in [0.25, 0.3) is 6.08 Å². The maximum atomic E-state index is 13.7. The number of fused-ring (bicyclic) bond motifs is 1. The van der Waals surface area contributed by atoms with E-state index in [1.165, 1.54) is 23.2 Å². The van der Waals surface area contributed by atoms with E-state index in [0.717, 1.165) is 16.1 Å². The van der Waals surface area contributed by atoms with Crippen LogP contribution in [-0.4, -0.2) is 76.5 Å². The molecule has 0 spiro atoms. The first-order valence-corrected chi connectivity index (χ1v) is 13.8. The molecule has 3 unspecified atom stereocenters. The van der Waals surface area contributed by atoms with Crippen molar-refractivity contribution in [3.63, 3.8) is 0 Å². The monoisotopic (exact) mass is 538 g/mol. The molecule has 4 rings (SSSR count). The summed E-state index contributed by atoms with van der Waals surface area (Å²) in [5, 5.41) is 1.65. The molecule has 1 aromatic heterocycles. The van der Waals surface area contributed by atoms with Crippen LogP contribution in [-0.2, 0) is 19.6 Å². The molecule has 2 amide bonds. The summed E-state index contributed by atoms with van der Waals surface area (Å²) in [5.74, 6) is -1.29. The molecule has 11 heteroatoms. The molecule has 2 aliphatic rings. The third kappa shape index (κ3) is 5.30. The number of pyridine rings is 1. The van der Waals surface area contributed by atoms with Gasteiger partial charge in [-0.05, 0) is 48.6 Å². The minimum absolute atomic E-state index is 0.0547. The number of aromatic nitrogens is 1. The molecule has 38 heavy (non-hydrogen) atoms. The van der Waals surface area contributed by atoms with Gasteiger partial charge in [0, 0.05) is 24.5 Å². The fourth-order valence-corrected chi connectivity index (χ4v) is 6.49. The van der Waals surface area contributed by atoms with Crippen LogP contribution >= 0.6 is 0 Å². The molecule has 1 aromatic carbocycles. The summed E-state index contributed by atoms with van der Waals surface area (Å²) >= 11 is 0. The number of nitrogens with zero attached hydrogens (tertiary/aromatic N) is 3. The highest BCUT2D eigenvalue weighted by Gasteiger charge is 2.55. The molecular weight excluding hydrogens is 508 g/mol. The van der Waals surface area contributed by atoms with Gasteiger partial charge < -0.3 is 10.2 Å². The van der Waals surface area contributed by atoms with Crippen molar-refractivity contribution in [1.82, 2.24) is 19.5 Å². The number of amides is 2. The molecule has 3 heterocycles. The topological polar surface area (TPSA) is 134 Å². The molecule has 0 saturated carbocycles. The van der Waals surface area contributed by atoms with E-state index in [1.807, 2.05) is 13.8 Å². The first-order chi connectivity index (χ1) is 18.0. The first kappa shape index (κ1) is 27.3. The predicted molar refractivity (Wildman–Crippen MR) is 140 cm³/mol. The van der Waals surface area contributed by atoms with Crippen LogP contribution in [0.1, 0.15) is 53.0 Å². The van der Waals surface area contributed by atoms with Crippen LogP contribution in [0.4, 0.5) is 0 Å². The molecule has 1 N–H and O–H groups in total. The lowest BCUT2D eigenvalue weighted by Crippen LogP contribution is -2.53. The first-order valence-electron chi connectivity index (χ1n) is 12.4. The molecular formula is C27H30N4O6S. The number of carbonyl (C=O) groups is 4. The second kappa shape index (κ2) is 11.0. The molecule has 0 aliphatic carbocycles. The maximum Gasteiger partial charge on any atom is 0.293 e. The third-order valence-corrected chi connectivity index (χ3v) is 8.54. The highest BCUT2D eigenvalue weighted by Crippen LogP contribution is 2.33. The quantitative estimate of drug-likeness (QED) is 0.543. The molecule has 200 valence electrons. The van der Waals surface area contributed by atoms with E-state index in [-0.39, 0.29) is 24.4 Å². The Labute approximate surface area is 221 Å². The largest absolute Gasteiger partial charge is 0.340 e. The number of hydrogen-bond donors (Lipinski definition) is 1. The Hall–Kier alpha value is -3.70. The van der Waals surface area contributed by atoms with E-state index >= 15 is 0 Å². The van der Waals surface area contributed by atoms with Gasteiger partial charge in [-0.1, -0.05) is 38.6 Å². The van der Waals surface area contributed by atoms with Crippen LogP contribution in [0.5, 0.6) is 0 Å². The summed E-state index contributed by atoms with van der Waals surface area (Å²) in [6.07, 6.45) is 4.76. The molecule has 2 saturated heterocycles. The van der Waals surface area contributed by atoms with Gasteiger partial charge in [-0.2, -0.15) is 4.31 Å². The lowest BCUT2D eigenvalue weighted by molar-refractivity contribution is -0.138. The van der Waals surface area contributed by atoms with Gasteiger partial charge in [0.2, 0.25) is 5.91 Å². The smallest absolute Gasteiger partial charge is 0.293 e. The zero-order valence-electron chi connectivity index (χ0n) is 21.2. The van der Waals surface area contributed by atoms with Crippen molar-refractivity contribution in [2.45, 2.75) is 44.8 Å². The van der Waals surface area contributed by atoms with Crippen LogP contribution in [0, 0.1) is 5.92 Å². The lowest BCUT2D eigenvalue weighted by atomic mass is 10.0. The Morgan fingerprint density at radius 3 is 2.47 bits per heavy atom. The highest BCUT2D eigenvalue weighted by atomic mass is 32.2. The third-order valence-electron chi connectivity index (χ3n) is 6.82. The van der Waals surface area contributed by atoms with E-state index < -0.39 is 57.4 Å². The Bertz CT molecular complexity index is 1360. The minimum Gasteiger partial charge on any atom is -0.340 e. The van der Waals surface area contributed by atoms with E-state index in [9.17, 15) is 27.6 Å². The SMILES string of the molecule is C=Cc1ccc(C(=O)NC(CC(C)C)C(=O)N2CCC3C2C(=O)CN3S(=O)(=O)C(=O)c2cccnc2)cc1. The van der Waals surface area contributed by atoms with Crippen LogP contribution in [0.15, 0.2) is 55.4 Å². The molecule has 3 atom stereocenters. The van der Waals surface area contributed by atoms with Gasteiger partial charge in [0.15, 0.2) is 5.78 Å². The number of Topliss-reactive ketones (excluding diaryl/α,β-unsaturated/α-hetero) is 1. The summed E-state index contributed by atoms with van der Waals surface area (Å²) in [6.45, 7) is 7.15. The standard InChI is InChI=1S/C27H30N4O6S/c1-4-18-7-9-19(10-8-18)25(33)29-21(14-17(2)3)26(34)30-13-11-22-24(30)23(32)16-31(22)38(36,37)27(35)20-6-5-12-28-15-20/h4-10,12,15,17,21-22,24H,1,11,13-14,16H2,2-3H3,(H,29,33). The van der Waals surface area contributed by atoms with Crippen molar-refractivity contribution < 1.29 is 27.6 Å². The number of carbonyl (C=O) groups excluding carboxylic acids is 4. The van der Waals surface area contributed by atoms with Crippen molar-refractivity contribution >= 4 is 38.8 Å². The van der Waals surface area contributed by atoms with Crippen LogP contribution in [0.3, 0.4) is 0 Å². The second-order valence-electron chi connectivity index (χ2n) is 9.86. The summed E-state index contributed by atoms with van der Waals surface area (Å²) in [6, 6.07) is 6.78. The molecule has 2 aliphatic heterocycles. The molecule has 2 fully saturated rings. The van der Waals surface area contributed by atoms with Gasteiger partial charge in [-0.15, -0.1) is 0 Å². The van der Waals surface area contributed by atoms with Crippen molar-refractivity contribution in [2.75, 3.05) is 13.1 Å². The minimum atomic E-state index is -4.51. The molecule has 2 aromatic rings. The van der Waals surface area contributed by atoms with E-state index in [4.69, 9.17) is 0 Å². The highest BCUT2D eigenvalue weighted by molar-refractivity contribution is 8.04. The fourth-order valence-electron chi connectivity index (χ4n) is 4.98. The van der Waals surface area contributed by atoms with Gasteiger partial charge in [-0.25, -0.2) is 8.42 Å². The number of hydrogen-bond acceptors (Lipinski definition) is 7. The zero-order valence-corrected chi connectivity index (χ0v) is 22.1. The molecule has 0 bridgehead atoms. The summed E-state index contributed by atoms with van der Waals surface area (Å²) in [7, 11) is -4.51. The maximum absolute atomic E-state index is 13.7. The van der Waals surface area contributed by atoms with Gasteiger partial charge in [-0.3, -0.25) is 24.2 Å². The number of sulfonamides is 1. The van der Waals surface area contributed by atoms with E-state index in [2.05, 4.69) is 16.9 Å². The van der Waals surface area contributed by atoms with Gasteiger partial charge >= 0.3 is 0 Å². The van der Waals surface area contributed by atoms with Crippen molar-refractivity contribution in [2.24, 2.45) is 5.92 Å². The fraction of sp³-hybridized carbons (Fsp3) is 0.370. The average Bonchev–Trinajstić information content (AvgIpc) is 3.49. The van der Waals surface area contributed by atoms with Gasteiger partial charge in [0.05, 0.1) is 18.2 Å². The Kier molecular flexibility index (Phi) is 7.89. The number of likely N-dealkylation sites (tertiary alicyclic amines) is 1.